The molecule has 1 heterocycles. The van der Waals surface area contributed by atoms with Gasteiger partial charge in [0.25, 0.3) is 0 Å². The summed E-state index contributed by atoms with van der Waals surface area (Å²) in [6.07, 6.45) is 0. The number of hydrogen-bond acceptors (Lipinski definition) is 2. The first-order valence-electron chi connectivity index (χ1n) is 2.27. The van der Waals surface area contributed by atoms with E-state index in [4.69, 9.17) is 5.26 Å². The summed E-state index contributed by atoms with van der Waals surface area (Å²) >= 11 is 0. The van der Waals surface area contributed by atoms with E-state index in [1.165, 1.54) is 7.05 Å². The summed E-state index contributed by atoms with van der Waals surface area (Å²) in [5.41, 5.74) is 0.0440. The summed E-state index contributed by atoms with van der Waals surface area (Å²) in [7, 11) is 1.50. The first-order chi connectivity index (χ1) is 4.24. The zero-order chi connectivity index (χ0) is 6.85. The van der Waals surface area contributed by atoms with Crippen LogP contribution in [0, 0.1) is 17.9 Å². The van der Waals surface area contributed by atoms with Gasteiger partial charge in [-0.05, 0) is 0 Å². The SMILES string of the molecule is CN1[C]C(C#N)=NC1=O. The van der Waals surface area contributed by atoms with E-state index in [1.807, 2.05) is 0 Å². The summed E-state index contributed by atoms with van der Waals surface area (Å²) in [6.45, 7) is 2.43. The highest BCUT2D eigenvalue weighted by atomic mass is 16.2. The molecule has 2 radical (unpaired) electrons. The van der Waals surface area contributed by atoms with Crippen LogP contribution < -0.4 is 0 Å². The molecule has 9 heavy (non-hydrogen) atoms. The Labute approximate surface area is 52.4 Å². The number of carbonyl (C=O) groups is 1. The molecule has 1 aliphatic rings. The van der Waals surface area contributed by atoms with Crippen molar-refractivity contribution < 1.29 is 4.79 Å². The van der Waals surface area contributed by atoms with Crippen molar-refractivity contribution in [1.82, 2.24) is 4.90 Å². The van der Waals surface area contributed by atoms with E-state index in [0.717, 1.165) is 4.90 Å². The Hall–Kier alpha value is -1.37. The zero-order valence-electron chi connectivity index (χ0n) is 4.75. The Kier molecular flexibility index (Phi) is 1.19. The molecule has 44 valence electrons. The van der Waals surface area contributed by atoms with Crippen LogP contribution >= 0.6 is 0 Å². The number of hydrogen-bond donors (Lipinski definition) is 0. The summed E-state index contributed by atoms with van der Waals surface area (Å²) in [5.74, 6) is 0. The third-order valence-corrected chi connectivity index (χ3v) is 0.874. The lowest BCUT2D eigenvalue weighted by atomic mass is 10.4. The Morgan fingerprint density at radius 3 is 2.78 bits per heavy atom. The van der Waals surface area contributed by atoms with Gasteiger partial charge < -0.3 is 4.90 Å². The molecular formula is C5H3N3O. The van der Waals surface area contributed by atoms with Crippen molar-refractivity contribution in [1.29, 1.82) is 5.26 Å². The molecule has 0 fully saturated rings. The van der Waals surface area contributed by atoms with Crippen LogP contribution in [0.2, 0.25) is 0 Å². The highest BCUT2D eigenvalue weighted by Gasteiger charge is 2.20. The molecule has 0 aromatic heterocycles. The van der Waals surface area contributed by atoms with Crippen molar-refractivity contribution in [2.45, 2.75) is 0 Å². The molecule has 2 amide bonds. The number of nitrogens with zero attached hydrogens (tertiary/aromatic N) is 3. The number of carbonyl (C=O) groups excluding carboxylic acids is 1. The average Bonchev–Trinajstić information content (AvgIpc) is 2.13. The van der Waals surface area contributed by atoms with Gasteiger partial charge in [0.1, 0.15) is 6.07 Å². The molecule has 1 rings (SSSR count). The van der Waals surface area contributed by atoms with E-state index in [1.54, 1.807) is 6.07 Å². The largest absolute Gasteiger partial charge is 0.345 e. The number of aliphatic imine (C=N–C) groups is 1. The Balaban J connectivity index is 2.77. The van der Waals surface area contributed by atoms with E-state index in [0.29, 0.717) is 0 Å². The highest BCUT2D eigenvalue weighted by molar-refractivity contribution is 6.14. The van der Waals surface area contributed by atoms with Gasteiger partial charge in [0.15, 0.2) is 12.3 Å². The summed E-state index contributed by atoms with van der Waals surface area (Å²) in [5, 5.41) is 8.18. The smallest absolute Gasteiger partial charge is 0.308 e. The predicted octanol–water partition coefficient (Wildman–Crippen LogP) is 0.0552. The van der Waals surface area contributed by atoms with Gasteiger partial charge in [-0.3, -0.25) is 0 Å². The monoisotopic (exact) mass is 121 g/mol. The summed E-state index contributed by atoms with van der Waals surface area (Å²) in [4.78, 5) is 14.9. The lowest BCUT2D eigenvalue weighted by Crippen LogP contribution is -2.15. The van der Waals surface area contributed by atoms with E-state index in [-0.39, 0.29) is 5.71 Å². The molecule has 0 spiro atoms. The molecule has 4 nitrogen and oxygen atoms in total. The number of urea groups is 1. The Morgan fingerprint density at radius 1 is 1.89 bits per heavy atom. The molecule has 0 bridgehead atoms. The third-order valence-electron chi connectivity index (χ3n) is 0.874. The van der Waals surface area contributed by atoms with Gasteiger partial charge in [-0.1, -0.05) is 0 Å². The maximum Gasteiger partial charge on any atom is 0.345 e. The Bertz CT molecular complexity index is 213. The van der Waals surface area contributed by atoms with Gasteiger partial charge >= 0.3 is 6.03 Å². The topological polar surface area (TPSA) is 56.5 Å². The van der Waals surface area contributed by atoms with Crippen LogP contribution in [0.25, 0.3) is 0 Å². The van der Waals surface area contributed by atoms with Crippen LogP contribution in [0.15, 0.2) is 4.99 Å². The summed E-state index contributed by atoms with van der Waals surface area (Å²) < 4.78 is 0. The van der Waals surface area contributed by atoms with Crippen LogP contribution in [0.4, 0.5) is 4.79 Å². The molecule has 4 heteroatoms. The molecular weight excluding hydrogens is 118 g/mol. The molecule has 0 saturated heterocycles. The molecule has 0 N–H and O–H groups in total. The first kappa shape index (κ1) is 5.76. The molecule has 0 aliphatic carbocycles. The van der Waals surface area contributed by atoms with E-state index < -0.39 is 6.03 Å². The lowest BCUT2D eigenvalue weighted by molar-refractivity contribution is 0.232. The van der Waals surface area contributed by atoms with Crippen molar-refractivity contribution in [3.8, 4) is 6.07 Å². The zero-order valence-corrected chi connectivity index (χ0v) is 4.75. The van der Waals surface area contributed by atoms with Crippen LogP contribution in [0.3, 0.4) is 0 Å². The predicted molar refractivity (Wildman–Crippen MR) is 29.4 cm³/mol. The second-order valence-electron chi connectivity index (χ2n) is 1.53. The minimum Gasteiger partial charge on any atom is -0.308 e. The van der Waals surface area contributed by atoms with Crippen LogP contribution in [0.1, 0.15) is 0 Å². The fourth-order valence-corrected chi connectivity index (χ4v) is 0.452. The van der Waals surface area contributed by atoms with Gasteiger partial charge in [-0.15, -0.1) is 0 Å². The minimum absolute atomic E-state index is 0.0440. The minimum atomic E-state index is -0.438. The quantitative estimate of drug-likeness (QED) is 0.454. The molecule has 1 aliphatic heterocycles. The first-order valence-corrected chi connectivity index (χ1v) is 2.27. The van der Waals surface area contributed by atoms with E-state index >= 15 is 0 Å². The average molecular weight is 121 g/mol. The van der Waals surface area contributed by atoms with Crippen molar-refractivity contribution in [3.05, 3.63) is 6.54 Å². The maximum atomic E-state index is 10.5. The molecule has 0 atom stereocenters. The van der Waals surface area contributed by atoms with Crippen LogP contribution in [-0.4, -0.2) is 23.7 Å². The molecule has 0 aromatic rings. The fraction of sp³-hybridized carbons (Fsp3) is 0.200. The van der Waals surface area contributed by atoms with Crippen LogP contribution in [-0.2, 0) is 0 Å². The summed E-state index contributed by atoms with van der Waals surface area (Å²) in [6, 6.07) is 1.26. The fourth-order valence-electron chi connectivity index (χ4n) is 0.452. The van der Waals surface area contributed by atoms with Crippen molar-refractivity contribution in [2.75, 3.05) is 7.05 Å². The van der Waals surface area contributed by atoms with Crippen molar-refractivity contribution in [3.63, 3.8) is 0 Å². The standard InChI is InChI=1S/C5H3N3O/c1-8-3-4(2-6)7-5(8)9/h1H3. The highest BCUT2D eigenvalue weighted by Crippen LogP contribution is 2.03. The molecule has 0 aromatic carbocycles. The second kappa shape index (κ2) is 1.86. The van der Waals surface area contributed by atoms with Crippen molar-refractivity contribution in [2.24, 2.45) is 4.99 Å². The second-order valence-corrected chi connectivity index (χ2v) is 1.53. The number of rotatable bonds is 0. The van der Waals surface area contributed by atoms with Gasteiger partial charge in [-0.2, -0.15) is 10.3 Å². The van der Waals surface area contributed by atoms with Gasteiger partial charge in [-0.25, -0.2) is 4.79 Å². The normalized spacial score (nSPS) is 17.6. The Morgan fingerprint density at radius 2 is 2.56 bits per heavy atom. The van der Waals surface area contributed by atoms with Crippen molar-refractivity contribution >= 4 is 11.7 Å². The van der Waals surface area contributed by atoms with Gasteiger partial charge in [0.05, 0.1) is 0 Å². The number of nitriles is 1. The third kappa shape index (κ3) is 0.891. The lowest BCUT2D eigenvalue weighted by Gasteiger charge is -1.99. The molecule has 0 unspecified atom stereocenters. The number of amides is 2. The van der Waals surface area contributed by atoms with E-state index in [9.17, 15) is 4.79 Å². The molecule has 0 saturated carbocycles. The van der Waals surface area contributed by atoms with Gasteiger partial charge in [0, 0.05) is 7.05 Å². The maximum absolute atomic E-state index is 10.5. The van der Waals surface area contributed by atoms with Gasteiger partial charge in [0.2, 0.25) is 0 Å². The van der Waals surface area contributed by atoms with Crippen LogP contribution in [0.5, 0.6) is 0 Å². The van der Waals surface area contributed by atoms with E-state index in [2.05, 4.69) is 11.5 Å².